The molecule has 3 aliphatic heterocycles. The van der Waals surface area contributed by atoms with Crippen molar-refractivity contribution in [3.05, 3.63) is 60.4 Å². The van der Waals surface area contributed by atoms with E-state index in [2.05, 4.69) is 24.1 Å². The Bertz CT molecular complexity index is 1240. The number of carbonyl (C=O) groups excluding carboxylic acids is 5. The number of rotatable bonds is 12. The molecule has 0 aromatic rings. The molecule has 6 atom stereocenters. The van der Waals surface area contributed by atoms with Crippen molar-refractivity contribution in [3.8, 4) is 0 Å². The van der Waals surface area contributed by atoms with Crippen molar-refractivity contribution < 1.29 is 47.7 Å². The van der Waals surface area contributed by atoms with Crippen molar-refractivity contribution in [1.82, 2.24) is 10.6 Å². The molecule has 3 heterocycles. The van der Waals surface area contributed by atoms with Crippen LogP contribution in [0.25, 0.3) is 0 Å². The Hall–Kier alpha value is -4.03. The molecule has 6 unspecified atom stereocenters. The average molecular weight is 643 g/mol. The lowest BCUT2D eigenvalue weighted by molar-refractivity contribution is -0.151. The minimum atomic E-state index is -1.09. The van der Waals surface area contributed by atoms with Crippen LogP contribution in [0.5, 0.6) is 0 Å². The number of unbranched alkanes of at least 4 members (excludes halogenated alkanes) is 4. The fourth-order valence-electron chi connectivity index (χ4n) is 5.01. The van der Waals surface area contributed by atoms with Crippen molar-refractivity contribution in [1.29, 1.82) is 0 Å². The fourth-order valence-corrected chi connectivity index (χ4v) is 5.01. The number of epoxide rings is 2. The number of nitrogens with one attached hydrogen (secondary N) is 2. The molecule has 46 heavy (non-hydrogen) atoms. The maximum atomic E-state index is 12.8. The Kier molecular flexibility index (Phi) is 14.9. The number of carbonyl (C=O) groups is 5. The van der Waals surface area contributed by atoms with Gasteiger partial charge in [-0.2, -0.15) is 0 Å². The minimum absolute atomic E-state index is 0.221. The number of allylic oxidation sites excluding steroid dienone is 4. The number of fused-ring (bicyclic) bond motifs is 1. The second-order valence-corrected chi connectivity index (χ2v) is 11.5. The predicted octanol–water partition coefficient (Wildman–Crippen LogP) is 4.41. The summed E-state index contributed by atoms with van der Waals surface area (Å²) >= 11 is 0. The minimum Gasteiger partial charge on any atom is -0.465 e. The first-order valence-corrected chi connectivity index (χ1v) is 15.9. The van der Waals surface area contributed by atoms with Crippen molar-refractivity contribution in [2.75, 3.05) is 6.61 Å². The third-order valence-electron chi connectivity index (χ3n) is 7.40. The van der Waals surface area contributed by atoms with Gasteiger partial charge in [0, 0.05) is 31.2 Å². The van der Waals surface area contributed by atoms with Crippen LogP contribution in [0.4, 0.5) is 4.79 Å². The summed E-state index contributed by atoms with van der Waals surface area (Å²) in [4.78, 5) is 61.0. The van der Waals surface area contributed by atoms with E-state index in [-0.39, 0.29) is 18.7 Å². The summed E-state index contributed by atoms with van der Waals surface area (Å²) < 4.78 is 28.4. The zero-order valence-corrected chi connectivity index (χ0v) is 26.9. The highest BCUT2D eigenvalue weighted by Crippen LogP contribution is 2.39. The van der Waals surface area contributed by atoms with Gasteiger partial charge in [0.2, 0.25) is 11.8 Å². The monoisotopic (exact) mass is 642 g/mol. The maximum absolute atomic E-state index is 12.8. The van der Waals surface area contributed by atoms with Gasteiger partial charge in [-0.05, 0) is 38.7 Å². The summed E-state index contributed by atoms with van der Waals surface area (Å²) in [5.41, 5.74) is 1.35. The Morgan fingerprint density at radius 1 is 1.07 bits per heavy atom. The van der Waals surface area contributed by atoms with Gasteiger partial charge in [-0.15, -0.1) is 0 Å². The summed E-state index contributed by atoms with van der Waals surface area (Å²) in [5.74, 6) is -2.02. The lowest BCUT2D eigenvalue weighted by Gasteiger charge is -2.24. The molecule has 252 valence electrons. The molecule has 0 spiro atoms. The highest BCUT2D eigenvalue weighted by Gasteiger charge is 2.58. The van der Waals surface area contributed by atoms with E-state index in [0.29, 0.717) is 31.4 Å². The number of esters is 2. The molecular weight excluding hydrogens is 596 g/mol. The van der Waals surface area contributed by atoms with E-state index in [1.165, 1.54) is 31.6 Å². The Balaban J connectivity index is 1.68. The summed E-state index contributed by atoms with van der Waals surface area (Å²) in [5, 5.41) is 4.72. The van der Waals surface area contributed by atoms with Gasteiger partial charge in [-0.25, -0.2) is 9.59 Å². The molecule has 12 heteroatoms. The van der Waals surface area contributed by atoms with Gasteiger partial charge in [0.05, 0.1) is 12.7 Å². The van der Waals surface area contributed by atoms with Gasteiger partial charge in [0.15, 0.2) is 12.2 Å². The summed E-state index contributed by atoms with van der Waals surface area (Å²) in [6.45, 7) is 9.28. The number of ether oxygens (including phenoxy) is 5. The summed E-state index contributed by atoms with van der Waals surface area (Å²) in [6.07, 6.45) is 12.4. The molecule has 0 aromatic carbocycles. The maximum Gasteiger partial charge on any atom is 0.414 e. The van der Waals surface area contributed by atoms with Crippen LogP contribution < -0.4 is 10.6 Å². The van der Waals surface area contributed by atoms with E-state index in [4.69, 9.17) is 23.7 Å². The predicted molar refractivity (Wildman–Crippen MR) is 168 cm³/mol. The van der Waals surface area contributed by atoms with Crippen LogP contribution >= 0.6 is 0 Å². The van der Waals surface area contributed by atoms with E-state index in [1.54, 1.807) is 12.2 Å². The number of imide groups is 1. The highest BCUT2D eigenvalue weighted by atomic mass is 16.7. The number of hydrogen-bond donors (Lipinski definition) is 2. The van der Waals surface area contributed by atoms with E-state index < -0.39 is 54.4 Å². The van der Waals surface area contributed by atoms with Gasteiger partial charge in [-0.3, -0.25) is 19.7 Å². The first kappa shape index (κ1) is 36.4. The smallest absolute Gasteiger partial charge is 0.414 e. The van der Waals surface area contributed by atoms with Crippen molar-refractivity contribution in [2.45, 2.75) is 115 Å². The number of hydrogen-bond acceptors (Lipinski definition) is 10. The molecule has 3 aliphatic rings. The third kappa shape index (κ3) is 13.5. The third-order valence-corrected chi connectivity index (χ3v) is 7.40. The second kappa shape index (κ2) is 18.8. The van der Waals surface area contributed by atoms with Crippen molar-refractivity contribution in [3.63, 3.8) is 0 Å². The quantitative estimate of drug-likeness (QED) is 0.103. The van der Waals surface area contributed by atoms with Crippen molar-refractivity contribution >= 4 is 29.8 Å². The zero-order chi connectivity index (χ0) is 33.5. The Morgan fingerprint density at radius 3 is 2.59 bits per heavy atom. The molecule has 12 nitrogen and oxygen atoms in total. The molecule has 0 aromatic heterocycles. The normalized spacial score (nSPS) is 29.2. The topological polar surface area (TPSA) is 162 Å². The Labute approximate surface area is 270 Å². The second-order valence-electron chi connectivity index (χ2n) is 11.5. The number of cyclic esters (lactones) is 1. The molecule has 2 fully saturated rings. The lowest BCUT2D eigenvalue weighted by atomic mass is 10.00. The molecule has 3 rings (SSSR count). The van der Waals surface area contributed by atoms with Gasteiger partial charge >= 0.3 is 18.0 Å². The molecule has 2 saturated heterocycles. The SMILES string of the molecule is C=C1/C=C(/C)CCC2OC2C(OC(=O)NC(C)=O)C(C2OC2/C=C/CCOC(=O)CCCCCCC)OC(=O)/C=C\C=C\C(=O)N1. The molecular formula is C34H46N2O10. The van der Waals surface area contributed by atoms with Crippen LogP contribution in [0, 0.1) is 0 Å². The molecule has 0 saturated carbocycles. The van der Waals surface area contributed by atoms with Crippen LogP contribution in [-0.2, 0) is 42.9 Å². The van der Waals surface area contributed by atoms with E-state index in [1.807, 2.05) is 13.0 Å². The first-order chi connectivity index (χ1) is 22.1. The average Bonchev–Trinajstić information content (AvgIpc) is 3.91. The van der Waals surface area contributed by atoms with Crippen LogP contribution in [-0.4, -0.2) is 73.1 Å². The van der Waals surface area contributed by atoms with Crippen LogP contribution in [0.1, 0.15) is 78.6 Å². The molecule has 0 bridgehead atoms. The van der Waals surface area contributed by atoms with Crippen molar-refractivity contribution in [2.24, 2.45) is 0 Å². The largest absolute Gasteiger partial charge is 0.465 e. The van der Waals surface area contributed by atoms with E-state index in [0.717, 1.165) is 37.3 Å². The first-order valence-electron chi connectivity index (χ1n) is 15.9. The van der Waals surface area contributed by atoms with Gasteiger partial charge in [-0.1, -0.05) is 69.1 Å². The van der Waals surface area contributed by atoms with Crippen LogP contribution in [0.2, 0.25) is 0 Å². The fraction of sp³-hybridized carbons (Fsp3) is 0.559. The van der Waals surface area contributed by atoms with Gasteiger partial charge in [0.25, 0.3) is 0 Å². The highest BCUT2D eigenvalue weighted by molar-refractivity contribution is 5.90. The molecule has 0 radical (unpaired) electrons. The molecule has 0 aliphatic carbocycles. The molecule has 3 amide bonds. The van der Waals surface area contributed by atoms with Gasteiger partial charge < -0.3 is 29.0 Å². The Morgan fingerprint density at radius 2 is 1.83 bits per heavy atom. The van der Waals surface area contributed by atoms with E-state index >= 15 is 0 Å². The zero-order valence-electron chi connectivity index (χ0n) is 26.9. The lowest BCUT2D eigenvalue weighted by Crippen LogP contribution is -2.46. The number of alkyl carbamates (subject to hydrolysis) is 1. The van der Waals surface area contributed by atoms with Crippen LogP contribution in [0.3, 0.4) is 0 Å². The number of amides is 3. The molecule has 2 N–H and O–H groups in total. The van der Waals surface area contributed by atoms with Gasteiger partial charge in [0.1, 0.15) is 18.3 Å². The summed E-state index contributed by atoms with van der Waals surface area (Å²) in [7, 11) is 0. The standard InChI is InChI=1S/C34H46N2O10/c1-5-6-7-8-9-16-28(39)42-20-13-12-14-25-30(43-25)32-33(46-34(41)36-24(4)37)31-26(44-31)19-18-22(2)21-23(3)35-27(38)15-10-11-17-29(40)45-32/h10-12,14-15,17,21,25-26,30-33H,3,5-9,13,16,18-20H2,1-2,4H3,(H,35,38)(H,36,37,41)/b14-12+,15-10+,17-11-,22-21-. The van der Waals surface area contributed by atoms with Crippen LogP contribution in [0.15, 0.2) is 60.4 Å². The summed E-state index contributed by atoms with van der Waals surface area (Å²) in [6, 6.07) is 0. The van der Waals surface area contributed by atoms with E-state index in [9.17, 15) is 24.0 Å².